The molecule has 0 aliphatic carbocycles. The summed E-state index contributed by atoms with van der Waals surface area (Å²) in [4.78, 5) is 0. The van der Waals surface area contributed by atoms with Crippen molar-refractivity contribution < 1.29 is 21.5 Å². The molecule has 0 saturated heterocycles. The first kappa shape index (κ1) is 25.4. The van der Waals surface area contributed by atoms with Crippen LogP contribution in [0.1, 0.15) is 34.3 Å². The zero-order chi connectivity index (χ0) is 24.9. The van der Waals surface area contributed by atoms with Crippen LogP contribution < -0.4 is 21.5 Å². The van der Waals surface area contributed by atoms with Crippen LogP contribution in [0.5, 0.6) is 0 Å². The molecule has 0 saturated carbocycles. The maximum absolute atomic E-state index is 2.33. The molecule has 1 heterocycles. The maximum Gasteiger partial charge on any atom is 0.245 e. The van der Waals surface area contributed by atoms with E-state index in [4.69, 9.17) is 0 Å². The van der Waals surface area contributed by atoms with Crippen molar-refractivity contribution in [2.75, 3.05) is 0 Å². The lowest BCUT2D eigenvalue weighted by molar-refractivity contribution is -0.704. The van der Waals surface area contributed by atoms with Gasteiger partial charge in [0.2, 0.25) is 6.33 Å². The molecular formula is C35H29BrN2. The number of hydrogen-bond acceptors (Lipinski definition) is 0. The van der Waals surface area contributed by atoms with Crippen molar-refractivity contribution in [1.29, 1.82) is 0 Å². The number of aromatic nitrogens is 2. The SMILES string of the molecule is [Br-].c1ccc(-c2ccc(C(c3ccccc3)n3cc[n+](C(c4ccccc4)c4ccccc4)c3)cc2)cc1. The van der Waals surface area contributed by atoms with Gasteiger partial charge >= 0.3 is 0 Å². The molecule has 0 amide bonds. The summed E-state index contributed by atoms with van der Waals surface area (Å²) in [6.07, 6.45) is 6.63. The van der Waals surface area contributed by atoms with E-state index in [0.717, 1.165) is 0 Å². The Bertz CT molecular complexity index is 1510. The molecule has 0 N–H and O–H groups in total. The second kappa shape index (κ2) is 11.9. The van der Waals surface area contributed by atoms with E-state index in [9.17, 15) is 0 Å². The van der Waals surface area contributed by atoms with Crippen molar-refractivity contribution in [3.8, 4) is 11.1 Å². The summed E-state index contributed by atoms with van der Waals surface area (Å²) in [5, 5.41) is 0. The topological polar surface area (TPSA) is 8.81 Å². The molecule has 1 unspecified atom stereocenters. The van der Waals surface area contributed by atoms with Crippen LogP contribution in [-0.2, 0) is 0 Å². The van der Waals surface area contributed by atoms with Crippen LogP contribution in [0.4, 0.5) is 0 Å². The van der Waals surface area contributed by atoms with Crippen LogP contribution >= 0.6 is 0 Å². The fourth-order valence-electron chi connectivity index (χ4n) is 5.16. The zero-order valence-electron chi connectivity index (χ0n) is 21.0. The van der Waals surface area contributed by atoms with Gasteiger partial charge in [-0.2, -0.15) is 0 Å². The molecule has 1 atom stereocenters. The third-order valence-electron chi connectivity index (χ3n) is 6.95. The highest BCUT2D eigenvalue weighted by molar-refractivity contribution is 5.63. The van der Waals surface area contributed by atoms with E-state index in [0.29, 0.717) is 0 Å². The second-order valence-corrected chi connectivity index (χ2v) is 9.33. The summed E-state index contributed by atoms with van der Waals surface area (Å²) in [7, 11) is 0. The Balaban J connectivity index is 0.00000294. The predicted molar refractivity (Wildman–Crippen MR) is 150 cm³/mol. The molecule has 6 rings (SSSR count). The maximum atomic E-state index is 2.33. The first-order valence-corrected chi connectivity index (χ1v) is 12.8. The summed E-state index contributed by atoms with van der Waals surface area (Å²) < 4.78 is 4.64. The normalized spacial score (nSPS) is 11.6. The van der Waals surface area contributed by atoms with Crippen LogP contribution in [0.25, 0.3) is 11.1 Å². The van der Waals surface area contributed by atoms with Crippen molar-refractivity contribution in [3.63, 3.8) is 0 Å². The van der Waals surface area contributed by atoms with Gasteiger partial charge in [0.1, 0.15) is 12.4 Å². The van der Waals surface area contributed by atoms with Crippen molar-refractivity contribution in [1.82, 2.24) is 4.57 Å². The molecule has 0 aliphatic heterocycles. The van der Waals surface area contributed by atoms with E-state index in [1.54, 1.807) is 0 Å². The van der Waals surface area contributed by atoms with E-state index in [-0.39, 0.29) is 29.1 Å². The molecular weight excluding hydrogens is 528 g/mol. The van der Waals surface area contributed by atoms with E-state index in [1.807, 2.05) is 0 Å². The molecule has 0 bridgehead atoms. The summed E-state index contributed by atoms with van der Waals surface area (Å²) in [5.74, 6) is 0. The van der Waals surface area contributed by atoms with Gasteiger partial charge in [-0.1, -0.05) is 146 Å². The standard InChI is InChI=1S/C35H29N2.BrH/c1-5-13-28(14-6-1)29-21-23-33(24-22-29)35(32-19-11-4-12-20-32)37-26-25-36(27-37)34(30-15-7-2-8-16-30)31-17-9-3-10-18-31;/h1-27,34-35H;1H/q+1;/p-1. The minimum Gasteiger partial charge on any atom is -1.00 e. The average Bonchev–Trinajstić information content (AvgIpc) is 3.45. The van der Waals surface area contributed by atoms with Crippen molar-refractivity contribution in [2.24, 2.45) is 0 Å². The Morgan fingerprint density at radius 3 is 1.39 bits per heavy atom. The Morgan fingerprint density at radius 2 is 0.868 bits per heavy atom. The van der Waals surface area contributed by atoms with Gasteiger partial charge in [-0.25, -0.2) is 9.13 Å². The third kappa shape index (κ3) is 5.39. The molecule has 0 radical (unpaired) electrons. The summed E-state index contributed by atoms with van der Waals surface area (Å²) in [5.41, 5.74) is 7.50. The van der Waals surface area contributed by atoms with Gasteiger partial charge < -0.3 is 17.0 Å². The van der Waals surface area contributed by atoms with Crippen molar-refractivity contribution >= 4 is 0 Å². The monoisotopic (exact) mass is 556 g/mol. The van der Waals surface area contributed by atoms with Crippen LogP contribution in [-0.4, -0.2) is 4.57 Å². The second-order valence-electron chi connectivity index (χ2n) is 9.33. The Morgan fingerprint density at radius 1 is 0.447 bits per heavy atom. The third-order valence-corrected chi connectivity index (χ3v) is 6.95. The summed E-state index contributed by atoms with van der Waals surface area (Å²) in [6.45, 7) is 0. The number of benzene rings is 5. The van der Waals surface area contributed by atoms with Crippen LogP contribution in [0, 0.1) is 0 Å². The van der Waals surface area contributed by atoms with Crippen molar-refractivity contribution in [2.45, 2.75) is 12.1 Å². The molecule has 0 spiro atoms. The Kier molecular flexibility index (Phi) is 7.96. The molecule has 186 valence electrons. The van der Waals surface area contributed by atoms with Crippen LogP contribution in [0.3, 0.4) is 0 Å². The van der Waals surface area contributed by atoms with Gasteiger partial charge in [0, 0.05) is 22.3 Å². The quantitative estimate of drug-likeness (QED) is 0.251. The highest BCUT2D eigenvalue weighted by Gasteiger charge is 2.26. The van der Waals surface area contributed by atoms with E-state index < -0.39 is 0 Å². The highest BCUT2D eigenvalue weighted by atomic mass is 79.9. The average molecular weight is 558 g/mol. The number of hydrogen-bond donors (Lipinski definition) is 0. The van der Waals surface area contributed by atoms with E-state index in [1.165, 1.54) is 33.4 Å². The minimum atomic E-state index is 0. The van der Waals surface area contributed by atoms with Crippen LogP contribution in [0.15, 0.2) is 164 Å². The van der Waals surface area contributed by atoms with Gasteiger partial charge in [0.05, 0.1) is 0 Å². The number of nitrogens with zero attached hydrogens (tertiary/aromatic N) is 2. The summed E-state index contributed by atoms with van der Waals surface area (Å²) in [6, 6.07) is 51.9. The molecule has 1 aromatic heterocycles. The lowest BCUT2D eigenvalue weighted by Gasteiger charge is -2.17. The minimum absolute atomic E-state index is 0. The number of halogens is 1. The van der Waals surface area contributed by atoms with Gasteiger partial charge in [-0.3, -0.25) is 0 Å². The highest BCUT2D eigenvalue weighted by Crippen LogP contribution is 2.29. The fraction of sp³-hybridized carbons (Fsp3) is 0.0571. The Hall–Kier alpha value is -4.21. The molecule has 38 heavy (non-hydrogen) atoms. The summed E-state index contributed by atoms with van der Waals surface area (Å²) >= 11 is 0. The van der Waals surface area contributed by atoms with Gasteiger partial charge in [-0.15, -0.1) is 0 Å². The zero-order valence-corrected chi connectivity index (χ0v) is 22.6. The molecule has 2 nitrogen and oxygen atoms in total. The largest absolute Gasteiger partial charge is 1.00 e. The van der Waals surface area contributed by atoms with E-state index >= 15 is 0 Å². The van der Waals surface area contributed by atoms with E-state index in [2.05, 4.69) is 173 Å². The first-order valence-electron chi connectivity index (χ1n) is 12.8. The number of imidazole rings is 1. The van der Waals surface area contributed by atoms with Crippen molar-refractivity contribution in [3.05, 3.63) is 187 Å². The number of rotatable bonds is 7. The van der Waals surface area contributed by atoms with Gasteiger partial charge in [-0.05, 0) is 11.1 Å². The molecule has 6 aromatic rings. The van der Waals surface area contributed by atoms with Crippen LogP contribution in [0.2, 0.25) is 0 Å². The Labute approximate surface area is 235 Å². The molecule has 3 heteroatoms. The lowest BCUT2D eigenvalue weighted by Crippen LogP contribution is -3.00. The molecule has 0 aliphatic rings. The smallest absolute Gasteiger partial charge is 0.245 e. The first-order chi connectivity index (χ1) is 18.4. The molecule has 5 aromatic carbocycles. The van der Waals surface area contributed by atoms with Gasteiger partial charge in [0.25, 0.3) is 0 Å². The lowest BCUT2D eigenvalue weighted by atomic mass is 9.96. The fourth-order valence-corrected chi connectivity index (χ4v) is 5.16. The van der Waals surface area contributed by atoms with Gasteiger partial charge in [0.15, 0.2) is 12.1 Å². The molecule has 0 fully saturated rings. The predicted octanol–water partition coefficient (Wildman–Crippen LogP) is 4.72.